The molecule has 142 valence electrons. The number of halogens is 1. The number of methoxy groups -OCH3 is 1. The minimum Gasteiger partial charge on any atom is -0.497 e. The highest BCUT2D eigenvalue weighted by Gasteiger charge is 2.11. The van der Waals surface area contributed by atoms with Crippen molar-refractivity contribution in [2.45, 2.75) is 13.1 Å². The van der Waals surface area contributed by atoms with E-state index in [1.807, 2.05) is 35.0 Å². The van der Waals surface area contributed by atoms with E-state index in [1.54, 1.807) is 25.7 Å². The summed E-state index contributed by atoms with van der Waals surface area (Å²) < 4.78 is 21.1. The van der Waals surface area contributed by atoms with Crippen LogP contribution >= 0.6 is 0 Å². The molecule has 0 radical (unpaired) electrons. The first-order chi connectivity index (χ1) is 13.7. The Morgan fingerprint density at radius 2 is 2.07 bits per heavy atom. The van der Waals surface area contributed by atoms with Gasteiger partial charge in [0.2, 0.25) is 0 Å². The van der Waals surface area contributed by atoms with E-state index in [-0.39, 0.29) is 5.82 Å². The first-order valence-electron chi connectivity index (χ1n) is 9.13. The normalized spacial score (nSPS) is 11.1. The summed E-state index contributed by atoms with van der Waals surface area (Å²) >= 11 is 0. The van der Waals surface area contributed by atoms with Crippen LogP contribution in [-0.4, -0.2) is 28.2 Å². The number of hydrogen-bond donors (Lipinski definition) is 1. The second kappa shape index (κ2) is 8.19. The first-order valence-corrected chi connectivity index (χ1v) is 9.13. The van der Waals surface area contributed by atoms with Gasteiger partial charge in [0.25, 0.3) is 0 Å². The number of fused-ring (bicyclic) bond motifs is 1. The summed E-state index contributed by atoms with van der Waals surface area (Å²) in [4.78, 5) is 8.81. The van der Waals surface area contributed by atoms with Gasteiger partial charge in [-0.15, -0.1) is 0 Å². The molecule has 0 spiro atoms. The van der Waals surface area contributed by atoms with E-state index in [1.165, 1.54) is 12.1 Å². The minimum atomic E-state index is -0.289. The molecular weight excluding hydrogens is 355 g/mol. The van der Waals surface area contributed by atoms with Crippen LogP contribution < -0.4 is 10.1 Å². The van der Waals surface area contributed by atoms with E-state index in [9.17, 15) is 4.39 Å². The molecule has 28 heavy (non-hydrogen) atoms. The molecule has 0 bridgehead atoms. The molecule has 2 aromatic carbocycles. The van der Waals surface area contributed by atoms with Gasteiger partial charge < -0.3 is 14.6 Å². The number of imidazole rings is 1. The Kier molecular flexibility index (Phi) is 5.30. The number of ether oxygens (including phenoxy) is 1. The van der Waals surface area contributed by atoms with Gasteiger partial charge in [-0.2, -0.15) is 0 Å². The van der Waals surface area contributed by atoms with Crippen molar-refractivity contribution in [3.05, 3.63) is 78.6 Å². The fraction of sp³-hybridized carbons (Fsp3) is 0.182. The van der Waals surface area contributed by atoms with Gasteiger partial charge in [0.05, 0.1) is 24.6 Å². The van der Waals surface area contributed by atoms with Crippen molar-refractivity contribution >= 4 is 10.9 Å². The van der Waals surface area contributed by atoms with Crippen LogP contribution in [0.15, 0.2) is 67.3 Å². The molecule has 0 amide bonds. The fourth-order valence-corrected chi connectivity index (χ4v) is 3.19. The summed E-state index contributed by atoms with van der Waals surface area (Å²) in [6.45, 7) is 2.29. The summed E-state index contributed by atoms with van der Waals surface area (Å²) in [6, 6.07) is 14.5. The molecule has 4 rings (SSSR count). The van der Waals surface area contributed by atoms with E-state index < -0.39 is 0 Å². The van der Waals surface area contributed by atoms with Crippen LogP contribution in [0.1, 0.15) is 5.56 Å². The number of nitrogens with zero attached hydrogens (tertiary/aromatic N) is 3. The molecule has 0 atom stereocenters. The smallest absolute Gasteiger partial charge is 0.125 e. The third-order valence-corrected chi connectivity index (χ3v) is 4.62. The predicted octanol–water partition coefficient (Wildman–Crippen LogP) is 4.04. The molecule has 2 heterocycles. The second-order valence-corrected chi connectivity index (χ2v) is 6.54. The second-order valence-electron chi connectivity index (χ2n) is 6.54. The van der Waals surface area contributed by atoms with Gasteiger partial charge in [-0.1, -0.05) is 12.1 Å². The maximum Gasteiger partial charge on any atom is 0.125 e. The average molecular weight is 376 g/mol. The molecular formula is C22H21FN4O. The summed E-state index contributed by atoms with van der Waals surface area (Å²) in [5.74, 6) is 0.473. The Labute approximate surface area is 162 Å². The minimum absolute atomic E-state index is 0.289. The van der Waals surface area contributed by atoms with Crippen molar-refractivity contribution in [3.63, 3.8) is 0 Å². The van der Waals surface area contributed by atoms with Gasteiger partial charge in [-0.3, -0.25) is 0 Å². The summed E-state index contributed by atoms with van der Waals surface area (Å²) in [6.07, 6.45) is 5.51. The molecule has 5 nitrogen and oxygen atoms in total. The number of nitrogens with one attached hydrogen (secondary N) is 1. The van der Waals surface area contributed by atoms with Gasteiger partial charge >= 0.3 is 0 Å². The van der Waals surface area contributed by atoms with E-state index in [0.29, 0.717) is 12.1 Å². The largest absolute Gasteiger partial charge is 0.497 e. The van der Waals surface area contributed by atoms with Crippen LogP contribution in [0, 0.1) is 5.82 Å². The van der Waals surface area contributed by atoms with Crippen molar-refractivity contribution in [3.8, 4) is 17.0 Å². The highest BCUT2D eigenvalue weighted by atomic mass is 19.1. The average Bonchev–Trinajstić information content (AvgIpc) is 3.24. The van der Waals surface area contributed by atoms with Crippen molar-refractivity contribution < 1.29 is 9.13 Å². The third-order valence-electron chi connectivity index (χ3n) is 4.62. The van der Waals surface area contributed by atoms with E-state index in [4.69, 9.17) is 9.72 Å². The zero-order valence-corrected chi connectivity index (χ0v) is 15.6. The quantitative estimate of drug-likeness (QED) is 0.495. The Hall–Kier alpha value is -3.25. The molecule has 0 unspecified atom stereocenters. The van der Waals surface area contributed by atoms with Gasteiger partial charge in [0.15, 0.2) is 0 Å². The Morgan fingerprint density at radius 1 is 1.14 bits per heavy atom. The van der Waals surface area contributed by atoms with Crippen molar-refractivity contribution in [1.82, 2.24) is 19.9 Å². The topological polar surface area (TPSA) is 52.0 Å². The predicted molar refractivity (Wildman–Crippen MR) is 108 cm³/mol. The van der Waals surface area contributed by atoms with Crippen LogP contribution in [0.5, 0.6) is 5.75 Å². The van der Waals surface area contributed by atoms with Crippen LogP contribution in [0.25, 0.3) is 22.2 Å². The molecule has 0 aliphatic rings. The van der Waals surface area contributed by atoms with Crippen LogP contribution in [0.4, 0.5) is 4.39 Å². The number of benzene rings is 2. The van der Waals surface area contributed by atoms with Gasteiger partial charge in [0, 0.05) is 49.0 Å². The summed E-state index contributed by atoms with van der Waals surface area (Å²) in [7, 11) is 1.64. The maximum absolute atomic E-state index is 13.7. The van der Waals surface area contributed by atoms with Crippen molar-refractivity contribution in [1.29, 1.82) is 0 Å². The lowest BCUT2D eigenvalue weighted by atomic mass is 10.0. The molecule has 6 heteroatoms. The SMILES string of the molecule is COc1cccc(-c2nc3cc(F)ccc3cc2CNCCn2ccnc2)c1. The molecule has 0 aliphatic carbocycles. The highest BCUT2D eigenvalue weighted by Crippen LogP contribution is 2.28. The lowest BCUT2D eigenvalue weighted by Crippen LogP contribution is -2.19. The van der Waals surface area contributed by atoms with E-state index in [2.05, 4.69) is 16.4 Å². The van der Waals surface area contributed by atoms with Crippen LogP contribution in [0.3, 0.4) is 0 Å². The highest BCUT2D eigenvalue weighted by molar-refractivity contribution is 5.83. The molecule has 0 saturated heterocycles. The molecule has 1 N–H and O–H groups in total. The zero-order valence-electron chi connectivity index (χ0n) is 15.6. The number of aromatic nitrogens is 3. The van der Waals surface area contributed by atoms with Crippen molar-refractivity contribution in [2.24, 2.45) is 0 Å². The van der Waals surface area contributed by atoms with Gasteiger partial charge in [-0.05, 0) is 35.9 Å². The number of rotatable bonds is 7. The van der Waals surface area contributed by atoms with Crippen LogP contribution in [0.2, 0.25) is 0 Å². The molecule has 0 aliphatic heterocycles. The Morgan fingerprint density at radius 3 is 2.89 bits per heavy atom. The molecule has 4 aromatic rings. The van der Waals surface area contributed by atoms with Gasteiger partial charge in [0.1, 0.15) is 11.6 Å². The third kappa shape index (κ3) is 4.02. The monoisotopic (exact) mass is 376 g/mol. The summed E-state index contributed by atoms with van der Waals surface area (Å²) in [5, 5.41) is 4.38. The van der Waals surface area contributed by atoms with E-state index >= 15 is 0 Å². The Bertz CT molecular complexity index is 1080. The van der Waals surface area contributed by atoms with E-state index in [0.717, 1.165) is 41.0 Å². The van der Waals surface area contributed by atoms with Crippen molar-refractivity contribution in [2.75, 3.05) is 13.7 Å². The summed E-state index contributed by atoms with van der Waals surface area (Å²) in [5.41, 5.74) is 3.46. The first kappa shape index (κ1) is 18.1. The fourth-order valence-electron chi connectivity index (χ4n) is 3.19. The molecule has 0 saturated carbocycles. The lowest BCUT2D eigenvalue weighted by Gasteiger charge is -2.13. The lowest BCUT2D eigenvalue weighted by molar-refractivity contribution is 0.415. The van der Waals surface area contributed by atoms with Gasteiger partial charge in [-0.25, -0.2) is 14.4 Å². The van der Waals surface area contributed by atoms with Crippen LogP contribution in [-0.2, 0) is 13.1 Å². The number of hydrogen-bond acceptors (Lipinski definition) is 4. The molecule has 0 fully saturated rings. The standard InChI is InChI=1S/C22H21FN4O/c1-28-20-4-2-3-17(12-20)22-18(14-24-7-9-27-10-8-25-15-27)11-16-5-6-19(23)13-21(16)26-22/h2-6,8,10-13,15,24H,7,9,14H2,1H3. The Balaban J connectivity index is 1.65. The zero-order chi connectivity index (χ0) is 19.3. The number of pyridine rings is 1. The maximum atomic E-state index is 13.7. The molecule has 2 aromatic heterocycles.